The summed E-state index contributed by atoms with van der Waals surface area (Å²) in [6, 6.07) is 5.56. The number of nitro benzene ring substituents is 1. The average molecular weight is 426 g/mol. The van der Waals surface area contributed by atoms with Gasteiger partial charge in [0.15, 0.2) is 6.61 Å². The topological polar surface area (TPSA) is 108 Å². The molecule has 2 aromatic carbocycles. The van der Waals surface area contributed by atoms with Crippen LogP contribution in [0.4, 0.5) is 24.5 Å². The van der Waals surface area contributed by atoms with E-state index in [1.165, 1.54) is 19.2 Å². The van der Waals surface area contributed by atoms with Gasteiger partial charge in [-0.05, 0) is 49.2 Å². The highest BCUT2D eigenvalue weighted by Gasteiger charge is 2.29. The first-order chi connectivity index (χ1) is 13.9. The molecule has 0 aliphatic heterocycles. The number of hydrogen-bond donors (Lipinski definition) is 1. The largest absolute Gasteiger partial charge is 0.484 e. The number of alkyl halides is 3. The second-order valence-electron chi connectivity index (χ2n) is 6.25. The third-order valence-corrected chi connectivity index (χ3v) is 4.14. The Hall–Kier alpha value is -3.63. The van der Waals surface area contributed by atoms with E-state index in [2.05, 4.69) is 14.8 Å². The van der Waals surface area contributed by atoms with Crippen molar-refractivity contribution >= 4 is 23.3 Å². The van der Waals surface area contributed by atoms with Crippen molar-refractivity contribution in [3.8, 4) is 5.75 Å². The number of hydrogen-bond acceptors (Lipinski definition) is 6. The number of esters is 1. The molecule has 0 radical (unpaired) electrons. The van der Waals surface area contributed by atoms with E-state index >= 15 is 0 Å². The number of carbonyl (C=O) groups excluding carboxylic acids is 2. The van der Waals surface area contributed by atoms with Crippen molar-refractivity contribution in [2.75, 3.05) is 19.0 Å². The zero-order valence-corrected chi connectivity index (χ0v) is 16.1. The summed E-state index contributed by atoms with van der Waals surface area (Å²) in [4.78, 5) is 34.9. The molecule has 0 aromatic heterocycles. The first-order valence-corrected chi connectivity index (χ1v) is 8.42. The number of nitrogens with zero attached hydrogens (tertiary/aromatic N) is 1. The summed E-state index contributed by atoms with van der Waals surface area (Å²) in [6.45, 7) is 1.75. The molecule has 0 aliphatic carbocycles. The number of carbonyl (C=O) groups is 2. The maximum absolute atomic E-state index is 12.6. The van der Waals surface area contributed by atoms with Gasteiger partial charge in [0.25, 0.3) is 11.6 Å². The summed E-state index contributed by atoms with van der Waals surface area (Å²) in [6.07, 6.45) is -4.62. The third kappa shape index (κ3) is 5.46. The Morgan fingerprint density at radius 2 is 1.80 bits per heavy atom. The Morgan fingerprint density at radius 1 is 1.13 bits per heavy atom. The molecule has 8 nitrogen and oxygen atoms in total. The van der Waals surface area contributed by atoms with E-state index < -0.39 is 40.8 Å². The number of halogens is 3. The molecule has 0 unspecified atom stereocenters. The zero-order valence-electron chi connectivity index (χ0n) is 16.1. The lowest BCUT2D eigenvalue weighted by atomic mass is 10.0. The molecule has 30 heavy (non-hydrogen) atoms. The van der Waals surface area contributed by atoms with E-state index in [1.807, 2.05) is 0 Å². The SMILES string of the molecule is COC(=O)c1cc(NC(=O)c2cc(OCC(F)(F)F)ccc2[N+](=O)[O-])cc(C)c1C. The second-order valence-corrected chi connectivity index (χ2v) is 6.25. The van der Waals surface area contributed by atoms with Crippen LogP contribution in [0.1, 0.15) is 31.8 Å². The van der Waals surface area contributed by atoms with Gasteiger partial charge in [0.2, 0.25) is 0 Å². The van der Waals surface area contributed by atoms with Gasteiger partial charge in [-0.25, -0.2) is 4.79 Å². The van der Waals surface area contributed by atoms with Crippen LogP contribution < -0.4 is 10.1 Å². The number of benzene rings is 2. The highest BCUT2D eigenvalue weighted by molar-refractivity contribution is 6.08. The van der Waals surface area contributed by atoms with Gasteiger partial charge in [-0.2, -0.15) is 13.2 Å². The maximum atomic E-state index is 12.6. The number of aryl methyl sites for hydroxylation is 1. The molecule has 0 saturated heterocycles. The van der Waals surface area contributed by atoms with Crippen molar-refractivity contribution in [1.29, 1.82) is 0 Å². The van der Waals surface area contributed by atoms with Crippen LogP contribution in [0.3, 0.4) is 0 Å². The number of methoxy groups -OCH3 is 1. The van der Waals surface area contributed by atoms with Crippen LogP contribution in [0.15, 0.2) is 30.3 Å². The van der Waals surface area contributed by atoms with Gasteiger partial charge in [0.1, 0.15) is 11.3 Å². The first kappa shape index (κ1) is 22.7. The Balaban J connectivity index is 2.39. The lowest BCUT2D eigenvalue weighted by Gasteiger charge is -2.13. The predicted molar refractivity (Wildman–Crippen MR) is 99.9 cm³/mol. The number of nitro groups is 1. The highest BCUT2D eigenvalue weighted by Crippen LogP contribution is 2.28. The van der Waals surface area contributed by atoms with Crippen molar-refractivity contribution in [2.45, 2.75) is 20.0 Å². The molecule has 0 aliphatic rings. The minimum Gasteiger partial charge on any atom is -0.484 e. The zero-order chi connectivity index (χ0) is 22.6. The molecule has 160 valence electrons. The van der Waals surface area contributed by atoms with Crippen LogP contribution in [-0.4, -0.2) is 36.7 Å². The number of ether oxygens (including phenoxy) is 2. The fourth-order valence-corrected chi connectivity index (χ4v) is 2.56. The third-order valence-electron chi connectivity index (χ3n) is 4.14. The van der Waals surface area contributed by atoms with Gasteiger partial charge in [-0.1, -0.05) is 0 Å². The second kappa shape index (κ2) is 8.80. The van der Waals surface area contributed by atoms with Crippen molar-refractivity contribution in [2.24, 2.45) is 0 Å². The quantitative estimate of drug-likeness (QED) is 0.422. The smallest absolute Gasteiger partial charge is 0.422 e. The van der Waals surface area contributed by atoms with Gasteiger partial charge in [-0.3, -0.25) is 14.9 Å². The highest BCUT2D eigenvalue weighted by atomic mass is 19.4. The molecule has 2 rings (SSSR count). The Morgan fingerprint density at radius 3 is 2.37 bits per heavy atom. The van der Waals surface area contributed by atoms with Crippen LogP contribution >= 0.6 is 0 Å². The first-order valence-electron chi connectivity index (χ1n) is 8.42. The summed E-state index contributed by atoms with van der Waals surface area (Å²) < 4.78 is 46.3. The van der Waals surface area contributed by atoms with Gasteiger partial charge in [-0.15, -0.1) is 0 Å². The summed E-state index contributed by atoms with van der Waals surface area (Å²) in [5.41, 5.74) is 0.476. The molecular formula is C19H17F3N2O6. The summed E-state index contributed by atoms with van der Waals surface area (Å²) in [5, 5.41) is 13.6. The minimum absolute atomic E-state index is 0.152. The molecular weight excluding hydrogens is 409 g/mol. The number of amides is 1. The minimum atomic E-state index is -4.62. The van der Waals surface area contributed by atoms with Gasteiger partial charge in [0, 0.05) is 11.8 Å². The Bertz CT molecular complexity index is 1000. The number of anilines is 1. The van der Waals surface area contributed by atoms with E-state index in [0.29, 0.717) is 11.1 Å². The number of nitrogens with one attached hydrogen (secondary N) is 1. The molecule has 0 heterocycles. The molecule has 1 amide bonds. The lowest BCUT2D eigenvalue weighted by molar-refractivity contribution is -0.385. The van der Waals surface area contributed by atoms with Crippen molar-refractivity contribution in [3.05, 3.63) is 62.7 Å². The van der Waals surface area contributed by atoms with Crippen molar-refractivity contribution in [1.82, 2.24) is 0 Å². The summed E-state index contributed by atoms with van der Waals surface area (Å²) >= 11 is 0. The Labute approximate surface area is 168 Å². The molecule has 0 bridgehead atoms. The maximum Gasteiger partial charge on any atom is 0.422 e. The monoisotopic (exact) mass is 426 g/mol. The van der Waals surface area contributed by atoms with Crippen molar-refractivity contribution < 1.29 is 37.2 Å². The fourth-order valence-electron chi connectivity index (χ4n) is 2.56. The van der Waals surface area contributed by atoms with E-state index in [4.69, 9.17) is 0 Å². The van der Waals surface area contributed by atoms with Crippen molar-refractivity contribution in [3.63, 3.8) is 0 Å². The van der Waals surface area contributed by atoms with E-state index in [1.54, 1.807) is 13.8 Å². The Kier molecular flexibility index (Phi) is 6.65. The molecule has 2 aromatic rings. The van der Waals surface area contributed by atoms with E-state index in [9.17, 15) is 32.9 Å². The molecule has 0 saturated carbocycles. The fraction of sp³-hybridized carbons (Fsp3) is 0.263. The average Bonchev–Trinajstić information content (AvgIpc) is 2.67. The predicted octanol–water partition coefficient (Wildman–Crippen LogP) is 4.19. The molecule has 0 fully saturated rings. The normalized spacial score (nSPS) is 11.0. The van der Waals surface area contributed by atoms with E-state index in [-0.39, 0.29) is 17.0 Å². The van der Waals surface area contributed by atoms with E-state index in [0.717, 1.165) is 18.2 Å². The molecule has 0 atom stereocenters. The van der Waals surface area contributed by atoms with Gasteiger partial charge < -0.3 is 14.8 Å². The number of rotatable bonds is 6. The standard InChI is InChI=1S/C19H17F3N2O6/c1-10-6-12(7-14(11(10)2)18(26)29-3)23-17(25)15-8-13(30-9-19(20,21)22)4-5-16(15)24(27)28/h4-8H,9H2,1-3H3,(H,23,25). The summed E-state index contributed by atoms with van der Waals surface area (Å²) in [5.74, 6) is -1.96. The van der Waals surface area contributed by atoms with Crippen LogP contribution in [0.25, 0.3) is 0 Å². The summed E-state index contributed by atoms with van der Waals surface area (Å²) in [7, 11) is 1.19. The molecule has 1 N–H and O–H groups in total. The van der Waals surface area contributed by atoms with Crippen LogP contribution in [0, 0.1) is 24.0 Å². The van der Waals surface area contributed by atoms with Crippen LogP contribution in [0.5, 0.6) is 5.75 Å². The molecule has 11 heteroatoms. The van der Waals surface area contributed by atoms with Crippen LogP contribution in [0.2, 0.25) is 0 Å². The van der Waals surface area contributed by atoms with Gasteiger partial charge >= 0.3 is 12.1 Å². The van der Waals surface area contributed by atoms with Crippen LogP contribution in [-0.2, 0) is 4.74 Å². The van der Waals surface area contributed by atoms with Gasteiger partial charge in [0.05, 0.1) is 17.6 Å². The lowest BCUT2D eigenvalue weighted by Crippen LogP contribution is -2.20. The molecule has 0 spiro atoms.